The van der Waals surface area contributed by atoms with Crippen LogP contribution in [-0.4, -0.2) is 26.1 Å². The number of halogens is 1. The van der Waals surface area contributed by atoms with E-state index in [-0.39, 0.29) is 4.90 Å². The van der Waals surface area contributed by atoms with E-state index >= 15 is 0 Å². The first-order valence-corrected chi connectivity index (χ1v) is 10.9. The molecule has 0 aliphatic carbocycles. The minimum atomic E-state index is -3.77. The highest BCUT2D eigenvalue weighted by Crippen LogP contribution is 2.37. The van der Waals surface area contributed by atoms with Gasteiger partial charge in [-0.15, -0.1) is 0 Å². The van der Waals surface area contributed by atoms with Crippen molar-refractivity contribution in [2.24, 2.45) is 13.0 Å². The van der Waals surface area contributed by atoms with Crippen LogP contribution in [0.5, 0.6) is 0 Å². The Balaban J connectivity index is 1.71. The normalized spacial score (nSPS) is 20.4. The number of sulfonamides is 1. The van der Waals surface area contributed by atoms with Gasteiger partial charge in [0.25, 0.3) is 10.0 Å². The lowest BCUT2D eigenvalue weighted by Crippen LogP contribution is -2.33. The van der Waals surface area contributed by atoms with Crippen molar-refractivity contribution >= 4 is 26.6 Å². The fourth-order valence-electron chi connectivity index (χ4n) is 4.09. The smallest absolute Gasteiger partial charge is 0.261 e. The molecule has 0 bridgehead atoms. The van der Waals surface area contributed by atoms with Crippen LogP contribution < -0.4 is 10.0 Å². The zero-order valence-electron chi connectivity index (χ0n) is 15.9. The second-order valence-corrected chi connectivity index (χ2v) is 9.25. The number of aromatic nitrogens is 1. The van der Waals surface area contributed by atoms with Crippen LogP contribution in [0.2, 0.25) is 0 Å². The molecule has 1 aromatic heterocycles. The summed E-state index contributed by atoms with van der Waals surface area (Å²) in [5.41, 5.74) is 2.84. The van der Waals surface area contributed by atoms with Gasteiger partial charge in [0.15, 0.2) is 0 Å². The highest BCUT2D eigenvalue weighted by Gasteiger charge is 2.26. The van der Waals surface area contributed by atoms with Gasteiger partial charge in [0.05, 0.1) is 4.90 Å². The molecule has 3 aromatic rings. The van der Waals surface area contributed by atoms with E-state index in [4.69, 9.17) is 0 Å². The Bertz CT molecular complexity index is 1110. The molecule has 2 aromatic carbocycles. The number of hydrogen-bond donors (Lipinski definition) is 2. The number of hydrogen-bond acceptors (Lipinski definition) is 3. The van der Waals surface area contributed by atoms with E-state index in [0.29, 0.717) is 17.5 Å². The number of piperidine rings is 1. The van der Waals surface area contributed by atoms with Crippen molar-refractivity contribution in [3.05, 3.63) is 60.0 Å². The average molecular weight is 402 g/mol. The third-order valence-corrected chi connectivity index (χ3v) is 6.98. The minimum absolute atomic E-state index is 0.0364. The highest BCUT2D eigenvalue weighted by atomic mass is 32.2. The van der Waals surface area contributed by atoms with Gasteiger partial charge >= 0.3 is 0 Å². The Hall–Kier alpha value is -2.38. The number of fused-ring (bicyclic) bond motifs is 1. The minimum Gasteiger partial charge on any atom is -0.350 e. The van der Waals surface area contributed by atoms with Crippen molar-refractivity contribution in [3.63, 3.8) is 0 Å². The molecular weight excluding hydrogens is 377 g/mol. The Kier molecular flexibility index (Phi) is 4.89. The summed E-state index contributed by atoms with van der Waals surface area (Å²) < 4.78 is 43.1. The van der Waals surface area contributed by atoms with Crippen molar-refractivity contribution in [1.82, 2.24) is 9.88 Å². The van der Waals surface area contributed by atoms with Crippen molar-refractivity contribution in [2.75, 3.05) is 17.8 Å². The van der Waals surface area contributed by atoms with Crippen molar-refractivity contribution in [3.8, 4) is 0 Å². The predicted molar refractivity (Wildman–Crippen MR) is 110 cm³/mol. The molecule has 0 unspecified atom stereocenters. The van der Waals surface area contributed by atoms with E-state index in [0.717, 1.165) is 42.5 Å². The Morgan fingerprint density at radius 2 is 1.93 bits per heavy atom. The number of benzene rings is 2. The number of anilines is 1. The Morgan fingerprint density at radius 3 is 2.64 bits per heavy atom. The summed E-state index contributed by atoms with van der Waals surface area (Å²) in [5.74, 6) is 0.484. The molecule has 2 heterocycles. The monoisotopic (exact) mass is 401 g/mol. The molecule has 1 aliphatic heterocycles. The largest absolute Gasteiger partial charge is 0.350 e. The summed E-state index contributed by atoms with van der Waals surface area (Å²) in [6, 6.07) is 10.4. The van der Waals surface area contributed by atoms with E-state index in [9.17, 15) is 12.8 Å². The van der Waals surface area contributed by atoms with Crippen LogP contribution in [0.25, 0.3) is 10.9 Å². The van der Waals surface area contributed by atoms with Gasteiger partial charge in [-0.3, -0.25) is 4.72 Å². The number of nitrogens with zero attached hydrogens (tertiary/aromatic N) is 1. The summed E-state index contributed by atoms with van der Waals surface area (Å²) in [6.45, 7) is 4.22. The van der Waals surface area contributed by atoms with Gasteiger partial charge in [-0.1, -0.05) is 6.92 Å². The maximum atomic E-state index is 13.1. The van der Waals surface area contributed by atoms with Gasteiger partial charge in [-0.05, 0) is 79.4 Å². The summed E-state index contributed by atoms with van der Waals surface area (Å²) in [7, 11) is -1.76. The highest BCUT2D eigenvalue weighted by molar-refractivity contribution is 7.92. The third kappa shape index (κ3) is 3.52. The molecule has 1 saturated heterocycles. The van der Waals surface area contributed by atoms with E-state index in [2.05, 4.69) is 27.7 Å². The summed E-state index contributed by atoms with van der Waals surface area (Å²) >= 11 is 0. The van der Waals surface area contributed by atoms with Gasteiger partial charge in [0.2, 0.25) is 0 Å². The van der Waals surface area contributed by atoms with Crippen LogP contribution in [0.1, 0.15) is 24.8 Å². The molecule has 0 spiro atoms. The molecule has 28 heavy (non-hydrogen) atoms. The average Bonchev–Trinajstić information content (AvgIpc) is 2.98. The summed E-state index contributed by atoms with van der Waals surface area (Å²) in [4.78, 5) is 0.0364. The van der Waals surface area contributed by atoms with E-state index < -0.39 is 15.8 Å². The topological polar surface area (TPSA) is 63.1 Å². The first kappa shape index (κ1) is 19.0. The second kappa shape index (κ2) is 7.22. The number of rotatable bonds is 4. The van der Waals surface area contributed by atoms with Crippen molar-refractivity contribution < 1.29 is 12.8 Å². The van der Waals surface area contributed by atoms with Gasteiger partial charge in [0.1, 0.15) is 5.82 Å². The van der Waals surface area contributed by atoms with Crippen LogP contribution in [0, 0.1) is 11.7 Å². The van der Waals surface area contributed by atoms with E-state index in [1.165, 1.54) is 17.7 Å². The van der Waals surface area contributed by atoms with Crippen LogP contribution in [-0.2, 0) is 17.1 Å². The molecule has 0 saturated carbocycles. The molecule has 4 rings (SSSR count). The third-order valence-electron chi connectivity index (χ3n) is 5.58. The lowest BCUT2D eigenvalue weighted by Gasteiger charge is -2.29. The second-order valence-electron chi connectivity index (χ2n) is 7.56. The molecule has 2 N–H and O–H groups in total. The maximum absolute atomic E-state index is 13.1. The molecule has 0 radical (unpaired) electrons. The van der Waals surface area contributed by atoms with Crippen LogP contribution in [0.15, 0.2) is 53.6 Å². The van der Waals surface area contributed by atoms with Gasteiger partial charge in [0, 0.05) is 29.8 Å². The zero-order valence-corrected chi connectivity index (χ0v) is 16.8. The van der Waals surface area contributed by atoms with E-state index in [1.54, 1.807) is 6.07 Å². The Morgan fingerprint density at radius 1 is 1.18 bits per heavy atom. The number of nitrogens with one attached hydrogen (secondary N) is 2. The molecule has 0 amide bonds. The molecule has 148 valence electrons. The fourth-order valence-corrected chi connectivity index (χ4v) is 5.13. The predicted octanol–water partition coefficient (Wildman–Crippen LogP) is 3.83. The van der Waals surface area contributed by atoms with Crippen LogP contribution >= 0.6 is 0 Å². The molecular formula is C21H24FN3O2S. The van der Waals surface area contributed by atoms with Crippen LogP contribution in [0.3, 0.4) is 0 Å². The van der Waals surface area contributed by atoms with Gasteiger partial charge in [-0.25, -0.2) is 12.8 Å². The zero-order chi connectivity index (χ0) is 19.9. The molecule has 5 nitrogen and oxygen atoms in total. The standard InChI is InChI=1S/C21H24FN3O2S/c1-14-12-23-10-9-18(14)20-13-25(2)21-8-5-16(11-19(20)21)24-28(26,27)17-6-3-15(22)4-7-17/h3-8,11,13-14,18,23-24H,9-10,12H2,1-2H3/t14-,18+/m0/s1. The lowest BCUT2D eigenvalue weighted by molar-refractivity contribution is 0.351. The molecule has 1 fully saturated rings. The first-order chi connectivity index (χ1) is 13.3. The fraction of sp³-hybridized carbons (Fsp3) is 0.333. The van der Waals surface area contributed by atoms with Gasteiger partial charge < -0.3 is 9.88 Å². The van der Waals surface area contributed by atoms with Crippen molar-refractivity contribution in [1.29, 1.82) is 0 Å². The summed E-state index contributed by atoms with van der Waals surface area (Å²) in [5, 5.41) is 4.50. The first-order valence-electron chi connectivity index (χ1n) is 9.43. The summed E-state index contributed by atoms with van der Waals surface area (Å²) in [6.07, 6.45) is 3.22. The number of aryl methyl sites for hydroxylation is 1. The van der Waals surface area contributed by atoms with E-state index in [1.807, 2.05) is 19.2 Å². The molecule has 7 heteroatoms. The van der Waals surface area contributed by atoms with Gasteiger partial charge in [-0.2, -0.15) is 0 Å². The molecule has 1 aliphatic rings. The molecule has 2 atom stereocenters. The maximum Gasteiger partial charge on any atom is 0.261 e. The quantitative estimate of drug-likeness (QED) is 0.698. The van der Waals surface area contributed by atoms with Crippen molar-refractivity contribution in [2.45, 2.75) is 24.2 Å². The lowest BCUT2D eigenvalue weighted by atomic mass is 9.82. The SMILES string of the molecule is C[C@H]1CNCC[C@H]1c1cn(C)c2ccc(NS(=O)(=O)c3ccc(F)cc3)cc12. The Labute approximate surface area is 164 Å². The van der Waals surface area contributed by atoms with Crippen LogP contribution in [0.4, 0.5) is 10.1 Å².